The molecule has 27 heavy (non-hydrogen) atoms. The van der Waals surface area contributed by atoms with Crippen LogP contribution in [-0.2, 0) is 9.53 Å². The predicted octanol–water partition coefficient (Wildman–Crippen LogP) is 4.06. The fourth-order valence-corrected chi connectivity index (χ4v) is 2.25. The first-order chi connectivity index (χ1) is 13.0. The maximum absolute atomic E-state index is 12.3. The Hall–Kier alpha value is -3.02. The van der Waals surface area contributed by atoms with E-state index in [1.165, 1.54) is 0 Å². The summed E-state index contributed by atoms with van der Waals surface area (Å²) in [5, 5.41) is 2.76. The zero-order valence-electron chi connectivity index (χ0n) is 15.9. The van der Waals surface area contributed by atoms with Crippen molar-refractivity contribution in [3.05, 3.63) is 54.1 Å². The highest BCUT2D eigenvalue weighted by atomic mass is 16.5. The van der Waals surface area contributed by atoms with Gasteiger partial charge in [-0.05, 0) is 68.8 Å². The molecule has 1 atom stereocenters. The Labute approximate surface area is 159 Å². The van der Waals surface area contributed by atoms with E-state index in [1.807, 2.05) is 13.8 Å². The van der Waals surface area contributed by atoms with Crippen LogP contribution >= 0.6 is 0 Å². The van der Waals surface area contributed by atoms with E-state index in [-0.39, 0.29) is 11.9 Å². The number of amides is 1. The van der Waals surface area contributed by atoms with Gasteiger partial charge in [0.05, 0.1) is 18.8 Å². The lowest BCUT2D eigenvalue weighted by molar-refractivity contribution is -0.122. The summed E-state index contributed by atoms with van der Waals surface area (Å²) in [7, 11) is 0. The molecule has 0 aliphatic heterocycles. The number of anilines is 1. The minimum absolute atomic E-state index is 0.287. The predicted molar refractivity (Wildman–Crippen MR) is 103 cm³/mol. The second kappa shape index (κ2) is 10.2. The van der Waals surface area contributed by atoms with Crippen LogP contribution in [0.5, 0.6) is 11.5 Å². The zero-order chi connectivity index (χ0) is 19.6. The summed E-state index contributed by atoms with van der Waals surface area (Å²) in [6.45, 7) is 6.49. The Morgan fingerprint density at radius 3 is 2.19 bits per heavy atom. The highest BCUT2D eigenvalue weighted by Gasteiger charge is 2.15. The smallest absolute Gasteiger partial charge is 0.338 e. The quantitative estimate of drug-likeness (QED) is 0.673. The van der Waals surface area contributed by atoms with Crippen molar-refractivity contribution in [2.75, 3.05) is 18.5 Å². The molecule has 1 amide bonds. The molecule has 0 radical (unpaired) electrons. The van der Waals surface area contributed by atoms with Crippen molar-refractivity contribution in [2.45, 2.75) is 33.3 Å². The molecule has 6 nitrogen and oxygen atoms in total. The lowest BCUT2D eigenvalue weighted by Crippen LogP contribution is -2.30. The van der Waals surface area contributed by atoms with Crippen LogP contribution in [0.3, 0.4) is 0 Å². The van der Waals surface area contributed by atoms with Gasteiger partial charge in [0.15, 0.2) is 6.10 Å². The Bertz CT molecular complexity index is 740. The summed E-state index contributed by atoms with van der Waals surface area (Å²) in [6, 6.07) is 13.6. The molecular weight excluding hydrogens is 346 g/mol. The summed E-state index contributed by atoms with van der Waals surface area (Å²) >= 11 is 0. The van der Waals surface area contributed by atoms with E-state index < -0.39 is 6.10 Å². The zero-order valence-corrected chi connectivity index (χ0v) is 15.9. The normalized spacial score (nSPS) is 11.4. The monoisotopic (exact) mass is 371 g/mol. The minimum atomic E-state index is -0.683. The molecule has 0 aliphatic rings. The van der Waals surface area contributed by atoms with Crippen LogP contribution in [0.25, 0.3) is 0 Å². The average molecular weight is 371 g/mol. The van der Waals surface area contributed by atoms with Crippen molar-refractivity contribution in [1.29, 1.82) is 0 Å². The van der Waals surface area contributed by atoms with E-state index in [2.05, 4.69) is 5.32 Å². The third kappa shape index (κ3) is 6.33. The number of ether oxygens (including phenoxy) is 3. The fourth-order valence-electron chi connectivity index (χ4n) is 2.25. The molecule has 2 aromatic rings. The van der Waals surface area contributed by atoms with E-state index in [9.17, 15) is 9.59 Å². The second-order valence-electron chi connectivity index (χ2n) is 5.87. The molecule has 144 valence electrons. The molecule has 1 unspecified atom stereocenters. The van der Waals surface area contributed by atoms with Crippen LogP contribution in [0.15, 0.2) is 48.5 Å². The third-order valence-electron chi connectivity index (χ3n) is 3.64. The van der Waals surface area contributed by atoms with E-state index in [0.29, 0.717) is 30.2 Å². The topological polar surface area (TPSA) is 73.9 Å². The maximum Gasteiger partial charge on any atom is 0.338 e. The molecule has 2 rings (SSSR count). The molecule has 0 saturated carbocycles. The molecule has 0 fully saturated rings. The van der Waals surface area contributed by atoms with E-state index in [0.717, 1.165) is 12.2 Å². The first-order valence-corrected chi connectivity index (χ1v) is 9.01. The van der Waals surface area contributed by atoms with Gasteiger partial charge in [-0.15, -0.1) is 0 Å². The molecule has 0 aromatic heterocycles. The van der Waals surface area contributed by atoms with Gasteiger partial charge in [-0.1, -0.05) is 6.92 Å². The number of carbonyl (C=O) groups is 2. The van der Waals surface area contributed by atoms with E-state index in [1.54, 1.807) is 55.5 Å². The van der Waals surface area contributed by atoms with Crippen LogP contribution in [0.4, 0.5) is 5.69 Å². The van der Waals surface area contributed by atoms with Crippen molar-refractivity contribution in [3.8, 4) is 11.5 Å². The lowest BCUT2D eigenvalue weighted by Gasteiger charge is -2.15. The van der Waals surface area contributed by atoms with Gasteiger partial charge in [-0.25, -0.2) is 4.79 Å². The first-order valence-electron chi connectivity index (χ1n) is 9.01. The van der Waals surface area contributed by atoms with Crippen LogP contribution in [0.2, 0.25) is 0 Å². The molecular formula is C21H25NO5. The van der Waals surface area contributed by atoms with Crippen molar-refractivity contribution >= 4 is 17.6 Å². The van der Waals surface area contributed by atoms with Gasteiger partial charge in [0.25, 0.3) is 5.91 Å². The van der Waals surface area contributed by atoms with Crippen LogP contribution in [0.1, 0.15) is 37.6 Å². The first kappa shape index (κ1) is 20.3. The van der Waals surface area contributed by atoms with Gasteiger partial charge in [-0.3, -0.25) is 4.79 Å². The number of nitrogens with one attached hydrogen (secondary N) is 1. The number of rotatable bonds is 9. The molecule has 0 aliphatic carbocycles. The van der Waals surface area contributed by atoms with Gasteiger partial charge in [0.2, 0.25) is 0 Å². The Kier molecular flexibility index (Phi) is 7.67. The van der Waals surface area contributed by atoms with E-state index in [4.69, 9.17) is 14.2 Å². The van der Waals surface area contributed by atoms with Gasteiger partial charge < -0.3 is 19.5 Å². The number of esters is 1. The number of hydrogen-bond acceptors (Lipinski definition) is 5. The lowest BCUT2D eigenvalue weighted by atomic mass is 10.2. The van der Waals surface area contributed by atoms with Gasteiger partial charge in [0.1, 0.15) is 11.5 Å². The van der Waals surface area contributed by atoms with Crippen molar-refractivity contribution < 1.29 is 23.8 Å². The summed E-state index contributed by atoms with van der Waals surface area (Å²) in [4.78, 5) is 24.1. The van der Waals surface area contributed by atoms with Gasteiger partial charge in [0, 0.05) is 5.69 Å². The Morgan fingerprint density at radius 1 is 0.963 bits per heavy atom. The van der Waals surface area contributed by atoms with Gasteiger partial charge >= 0.3 is 5.97 Å². The Balaban J connectivity index is 1.89. The highest BCUT2D eigenvalue weighted by Crippen LogP contribution is 2.19. The average Bonchev–Trinajstić information content (AvgIpc) is 2.68. The largest absolute Gasteiger partial charge is 0.494 e. The second-order valence-corrected chi connectivity index (χ2v) is 5.87. The third-order valence-corrected chi connectivity index (χ3v) is 3.64. The molecule has 0 spiro atoms. The standard InChI is InChI=1S/C21H25NO5/c1-4-14-26-21(24)16-6-8-17(9-7-16)22-20(23)15(3)27-19-12-10-18(11-13-19)25-5-2/h6-13,15H,4-5,14H2,1-3H3,(H,22,23). The van der Waals surface area contributed by atoms with Crippen LogP contribution in [-0.4, -0.2) is 31.2 Å². The fraction of sp³-hybridized carbons (Fsp3) is 0.333. The molecule has 0 heterocycles. The van der Waals surface area contributed by atoms with E-state index >= 15 is 0 Å². The number of benzene rings is 2. The van der Waals surface area contributed by atoms with Crippen LogP contribution in [0, 0.1) is 0 Å². The molecule has 0 bridgehead atoms. The summed E-state index contributed by atoms with van der Waals surface area (Å²) in [5.74, 6) is 0.668. The van der Waals surface area contributed by atoms with Gasteiger partial charge in [-0.2, -0.15) is 0 Å². The SMILES string of the molecule is CCCOC(=O)c1ccc(NC(=O)C(C)Oc2ccc(OCC)cc2)cc1. The number of carbonyl (C=O) groups excluding carboxylic acids is 2. The molecule has 6 heteroatoms. The summed E-state index contributed by atoms with van der Waals surface area (Å²) < 4.78 is 16.1. The maximum atomic E-state index is 12.3. The number of hydrogen-bond donors (Lipinski definition) is 1. The minimum Gasteiger partial charge on any atom is -0.494 e. The van der Waals surface area contributed by atoms with Crippen molar-refractivity contribution in [2.24, 2.45) is 0 Å². The van der Waals surface area contributed by atoms with Crippen molar-refractivity contribution in [1.82, 2.24) is 0 Å². The molecule has 0 saturated heterocycles. The molecule has 2 aromatic carbocycles. The summed E-state index contributed by atoms with van der Waals surface area (Å²) in [5.41, 5.74) is 1.02. The van der Waals surface area contributed by atoms with Crippen molar-refractivity contribution in [3.63, 3.8) is 0 Å². The molecule has 1 N–H and O–H groups in total. The highest BCUT2D eigenvalue weighted by molar-refractivity contribution is 5.95. The van der Waals surface area contributed by atoms with Crippen LogP contribution < -0.4 is 14.8 Å². The summed E-state index contributed by atoms with van der Waals surface area (Å²) in [6.07, 6.45) is 0.0868. The Morgan fingerprint density at radius 2 is 1.59 bits per heavy atom.